The maximum absolute atomic E-state index is 13.2. The predicted molar refractivity (Wildman–Crippen MR) is 307 cm³/mol. The number of carbonyl (C=O) groups is 1. The highest BCUT2D eigenvalue weighted by Crippen LogP contribution is 2.23. The van der Waals surface area contributed by atoms with E-state index in [-0.39, 0.29) is 12.8 Å². The number of hydrogen-bond donors (Lipinski definition) is 8. The van der Waals surface area contributed by atoms with E-state index in [9.17, 15) is 40.5 Å². The van der Waals surface area contributed by atoms with Crippen LogP contribution >= 0.6 is 0 Å². The van der Waals surface area contributed by atoms with E-state index in [0.29, 0.717) is 19.3 Å². The van der Waals surface area contributed by atoms with Crippen LogP contribution in [0.2, 0.25) is 0 Å². The maximum Gasteiger partial charge on any atom is 0.249 e. The molecule has 0 bridgehead atoms. The van der Waals surface area contributed by atoms with Crippen LogP contribution in [0.3, 0.4) is 0 Å². The van der Waals surface area contributed by atoms with Gasteiger partial charge >= 0.3 is 0 Å². The van der Waals surface area contributed by atoms with Crippen LogP contribution in [0, 0.1) is 0 Å². The minimum atomic E-state index is -1.67. The fourth-order valence-electron chi connectivity index (χ4n) is 9.83. The minimum absolute atomic E-state index is 0.240. The van der Waals surface area contributed by atoms with Crippen molar-refractivity contribution in [2.75, 3.05) is 13.2 Å². The molecule has 1 heterocycles. The largest absolute Gasteiger partial charge is 0.394 e. The number of amides is 1. The molecule has 0 aliphatic carbocycles. The summed E-state index contributed by atoms with van der Waals surface area (Å²) in [5, 5.41) is 76.0. The van der Waals surface area contributed by atoms with Crippen molar-refractivity contribution in [1.29, 1.82) is 0 Å². The molecule has 11 heteroatoms. The fraction of sp³-hybridized carbons (Fsp3) is 0.857. The van der Waals surface area contributed by atoms with E-state index in [4.69, 9.17) is 9.47 Å². The zero-order valence-corrected chi connectivity index (χ0v) is 47.6. The lowest BCUT2D eigenvalue weighted by atomic mass is 9.98. The molecule has 1 fully saturated rings. The summed E-state index contributed by atoms with van der Waals surface area (Å²) >= 11 is 0. The molecule has 9 atom stereocenters. The van der Waals surface area contributed by atoms with Crippen molar-refractivity contribution in [3.63, 3.8) is 0 Å². The van der Waals surface area contributed by atoms with Crippen LogP contribution in [-0.2, 0) is 14.3 Å². The highest BCUT2D eigenvalue weighted by atomic mass is 16.7. The molecule has 0 saturated carbocycles. The molecule has 1 rings (SSSR count). The van der Waals surface area contributed by atoms with Crippen LogP contribution < -0.4 is 5.32 Å². The lowest BCUT2D eigenvalue weighted by Crippen LogP contribution is -2.60. The molecule has 0 aromatic carbocycles. The number of carbonyl (C=O) groups excluding carboxylic acids is 1. The van der Waals surface area contributed by atoms with Crippen LogP contribution in [0.15, 0.2) is 48.6 Å². The Morgan fingerprint density at radius 1 is 0.473 bits per heavy atom. The first kappa shape index (κ1) is 70.1. The Morgan fingerprint density at radius 3 is 1.27 bits per heavy atom. The average molecular weight is 1050 g/mol. The first-order chi connectivity index (χ1) is 36.2. The first-order valence-corrected chi connectivity index (χ1v) is 31.0. The molecular formula is C63H117NO10. The lowest BCUT2D eigenvalue weighted by molar-refractivity contribution is -0.303. The zero-order valence-electron chi connectivity index (χ0n) is 47.6. The molecule has 0 radical (unpaired) electrons. The van der Waals surface area contributed by atoms with Gasteiger partial charge in [-0.15, -0.1) is 0 Å². The highest BCUT2D eigenvalue weighted by Gasteiger charge is 2.44. The predicted octanol–water partition coefficient (Wildman–Crippen LogP) is 13.6. The van der Waals surface area contributed by atoms with Crippen LogP contribution in [-0.4, -0.2) is 110 Å². The number of aliphatic hydroxyl groups is 7. The second-order valence-electron chi connectivity index (χ2n) is 21.7. The van der Waals surface area contributed by atoms with Crippen molar-refractivity contribution in [3.05, 3.63) is 48.6 Å². The number of aliphatic hydroxyl groups excluding tert-OH is 7. The van der Waals surface area contributed by atoms with Gasteiger partial charge < -0.3 is 50.5 Å². The second-order valence-corrected chi connectivity index (χ2v) is 21.7. The number of ether oxygens (including phenoxy) is 2. The molecule has 1 aliphatic rings. The summed E-state index contributed by atoms with van der Waals surface area (Å²) in [6, 6.07) is -1.19. The van der Waals surface area contributed by atoms with Crippen LogP contribution in [0.1, 0.15) is 277 Å². The molecule has 1 amide bonds. The second kappa shape index (κ2) is 51.8. The average Bonchev–Trinajstić information content (AvgIpc) is 3.40. The quantitative estimate of drug-likeness (QED) is 0.0215. The molecule has 11 nitrogen and oxygen atoms in total. The summed E-state index contributed by atoms with van der Waals surface area (Å²) in [6.07, 6.45) is 55.0. The van der Waals surface area contributed by atoms with Crippen molar-refractivity contribution in [2.45, 2.75) is 332 Å². The summed E-state index contributed by atoms with van der Waals surface area (Å²) in [7, 11) is 0. The van der Waals surface area contributed by atoms with Gasteiger partial charge in [0.25, 0.3) is 0 Å². The van der Waals surface area contributed by atoms with Crippen LogP contribution in [0.5, 0.6) is 0 Å². The van der Waals surface area contributed by atoms with E-state index in [0.717, 1.165) is 51.4 Å². The monoisotopic (exact) mass is 1050 g/mol. The molecule has 0 spiro atoms. The normalized spacial score (nSPS) is 20.1. The van der Waals surface area contributed by atoms with Crippen molar-refractivity contribution in [3.8, 4) is 0 Å². The van der Waals surface area contributed by atoms with Gasteiger partial charge in [-0.2, -0.15) is 0 Å². The van der Waals surface area contributed by atoms with Crippen LogP contribution in [0.4, 0.5) is 0 Å². The van der Waals surface area contributed by atoms with E-state index in [2.05, 4.69) is 67.8 Å². The molecule has 8 N–H and O–H groups in total. The topological polar surface area (TPSA) is 189 Å². The van der Waals surface area contributed by atoms with Crippen molar-refractivity contribution >= 4 is 5.91 Å². The summed E-state index contributed by atoms with van der Waals surface area (Å²) < 4.78 is 11.1. The summed E-state index contributed by atoms with van der Waals surface area (Å²) in [5.74, 6) is -0.711. The van der Waals surface area contributed by atoms with Gasteiger partial charge in [0.05, 0.1) is 25.4 Å². The number of unbranched alkanes of at least 4 members (excludes halogenated alkanes) is 33. The number of hydrogen-bond acceptors (Lipinski definition) is 10. The van der Waals surface area contributed by atoms with Crippen LogP contribution in [0.25, 0.3) is 0 Å². The highest BCUT2D eigenvalue weighted by molar-refractivity contribution is 5.80. The molecule has 1 aliphatic heterocycles. The third-order valence-electron chi connectivity index (χ3n) is 14.8. The van der Waals surface area contributed by atoms with Gasteiger partial charge in [-0.05, 0) is 83.5 Å². The van der Waals surface area contributed by atoms with Gasteiger partial charge in [0.2, 0.25) is 5.91 Å². The van der Waals surface area contributed by atoms with E-state index < -0.39 is 74.2 Å². The molecule has 9 unspecified atom stereocenters. The van der Waals surface area contributed by atoms with Crippen molar-refractivity contribution in [1.82, 2.24) is 5.32 Å². The van der Waals surface area contributed by atoms with E-state index in [1.807, 2.05) is 0 Å². The van der Waals surface area contributed by atoms with Gasteiger partial charge in [0.15, 0.2) is 6.29 Å². The van der Waals surface area contributed by atoms with Crippen molar-refractivity contribution in [2.24, 2.45) is 0 Å². The standard InChI is InChI=1S/C63H117NO10/c1-3-5-7-9-11-13-15-17-18-19-20-21-22-23-24-25-26-27-28-29-30-31-32-33-34-35-36-37-39-41-43-45-47-49-51-56(67)62(72)64-54(53-73-63-61(71)60(70)59(69)57(52-65)74-63)58(68)55(66)50-48-46-44-42-40-38-16-14-12-10-8-6-4-2/h6,8,14,16,25-26,42,44,54-61,63,65-71H,3-5,7,9-13,15,17-24,27-41,43,45-53H2,1-2H3,(H,64,72)/b8-6+,16-14+,26-25-,44-42+. The number of rotatable bonds is 53. The zero-order chi connectivity index (χ0) is 54.0. The molecular weight excluding hydrogens is 931 g/mol. The van der Waals surface area contributed by atoms with Crippen molar-refractivity contribution < 1.29 is 50.0 Å². The van der Waals surface area contributed by atoms with Gasteiger partial charge in [-0.3, -0.25) is 4.79 Å². The maximum atomic E-state index is 13.2. The first-order valence-electron chi connectivity index (χ1n) is 31.0. The Labute approximate surface area is 453 Å². The Morgan fingerprint density at radius 2 is 0.851 bits per heavy atom. The Balaban J connectivity index is 2.17. The van der Waals surface area contributed by atoms with E-state index in [1.165, 1.54) is 180 Å². The smallest absolute Gasteiger partial charge is 0.249 e. The van der Waals surface area contributed by atoms with Gasteiger partial charge in [-0.1, -0.05) is 242 Å². The lowest BCUT2D eigenvalue weighted by Gasteiger charge is -2.40. The summed E-state index contributed by atoms with van der Waals surface area (Å²) in [5.41, 5.74) is 0. The molecule has 0 aromatic rings. The Kier molecular flexibility index (Phi) is 49.1. The number of nitrogens with one attached hydrogen (secondary N) is 1. The van der Waals surface area contributed by atoms with E-state index >= 15 is 0 Å². The van der Waals surface area contributed by atoms with Gasteiger partial charge in [0, 0.05) is 0 Å². The SMILES string of the molecule is CC/C=C/CC/C=C/CC/C=C/CCCC(O)C(O)C(COC1OC(CO)C(O)C(O)C1O)NC(=O)C(O)CCCCCCCCCCCCCCCCCC/C=C\CCCCCCCCCCCCCCCC. The molecule has 0 aromatic heterocycles. The number of allylic oxidation sites excluding steroid dienone is 8. The Bertz CT molecular complexity index is 1340. The molecule has 1 saturated heterocycles. The fourth-order valence-corrected chi connectivity index (χ4v) is 9.83. The summed E-state index contributed by atoms with van der Waals surface area (Å²) in [6.45, 7) is 3.34. The van der Waals surface area contributed by atoms with Gasteiger partial charge in [-0.25, -0.2) is 0 Å². The van der Waals surface area contributed by atoms with Gasteiger partial charge in [0.1, 0.15) is 36.6 Å². The summed E-state index contributed by atoms with van der Waals surface area (Å²) in [4.78, 5) is 13.2. The Hall–Kier alpha value is -1.93. The molecule has 434 valence electrons. The minimum Gasteiger partial charge on any atom is -0.394 e. The third-order valence-corrected chi connectivity index (χ3v) is 14.8. The van der Waals surface area contributed by atoms with E-state index in [1.54, 1.807) is 0 Å². The third kappa shape index (κ3) is 39.4. The molecule has 74 heavy (non-hydrogen) atoms.